The minimum Gasteiger partial charge on any atom is -0.495 e. The Bertz CT molecular complexity index is 473. The van der Waals surface area contributed by atoms with Gasteiger partial charge in [-0.1, -0.05) is 26.0 Å². The summed E-state index contributed by atoms with van der Waals surface area (Å²) in [5, 5.41) is 9.29. The molecule has 1 aliphatic rings. The van der Waals surface area contributed by atoms with E-state index in [9.17, 15) is 5.26 Å². The van der Waals surface area contributed by atoms with Crippen molar-refractivity contribution in [2.75, 3.05) is 38.2 Å². The summed E-state index contributed by atoms with van der Waals surface area (Å²) in [6.07, 6.45) is 0. The molecule has 1 unspecified atom stereocenters. The monoisotopic (exact) mass is 273 g/mol. The van der Waals surface area contributed by atoms with Crippen LogP contribution in [0.5, 0.6) is 5.75 Å². The number of para-hydroxylation sites is 2. The number of methoxy groups -OCH3 is 1. The van der Waals surface area contributed by atoms with Crippen LogP contribution in [-0.4, -0.2) is 44.2 Å². The first-order valence-electron chi connectivity index (χ1n) is 7.19. The van der Waals surface area contributed by atoms with Crippen molar-refractivity contribution in [3.8, 4) is 11.8 Å². The molecule has 1 atom stereocenters. The third-order valence-corrected chi connectivity index (χ3v) is 3.90. The topological polar surface area (TPSA) is 39.5 Å². The maximum absolute atomic E-state index is 9.29. The standard InChI is InChI=1S/C16H23N3O/c1-13(2)15(12-17)19-10-8-18(9-11-19)14-6-4-5-7-16(14)20-3/h4-7,13,15H,8-11H2,1-3H3. The quantitative estimate of drug-likeness (QED) is 0.844. The van der Waals surface area contributed by atoms with Crippen LogP contribution in [0.3, 0.4) is 0 Å². The Labute approximate surface area is 121 Å². The number of nitrogens with zero attached hydrogens (tertiary/aromatic N) is 3. The third-order valence-electron chi connectivity index (χ3n) is 3.90. The molecule has 0 spiro atoms. The Kier molecular flexibility index (Phi) is 4.86. The highest BCUT2D eigenvalue weighted by Crippen LogP contribution is 2.28. The van der Waals surface area contributed by atoms with Gasteiger partial charge < -0.3 is 9.64 Å². The lowest BCUT2D eigenvalue weighted by Gasteiger charge is -2.39. The van der Waals surface area contributed by atoms with Gasteiger partial charge in [0.15, 0.2) is 0 Å². The van der Waals surface area contributed by atoms with Crippen LogP contribution < -0.4 is 9.64 Å². The minimum atomic E-state index is 0.0230. The molecule has 1 heterocycles. The molecule has 0 saturated carbocycles. The minimum absolute atomic E-state index is 0.0230. The van der Waals surface area contributed by atoms with Crippen LogP contribution in [0.2, 0.25) is 0 Å². The first kappa shape index (κ1) is 14.7. The van der Waals surface area contributed by atoms with Gasteiger partial charge >= 0.3 is 0 Å². The summed E-state index contributed by atoms with van der Waals surface area (Å²) in [5.74, 6) is 1.29. The zero-order valence-corrected chi connectivity index (χ0v) is 12.5. The third kappa shape index (κ3) is 3.05. The lowest BCUT2D eigenvalue weighted by atomic mass is 10.0. The number of rotatable bonds is 4. The van der Waals surface area contributed by atoms with Gasteiger partial charge in [0, 0.05) is 26.2 Å². The molecule has 1 aliphatic heterocycles. The second-order valence-electron chi connectivity index (χ2n) is 5.51. The highest BCUT2D eigenvalue weighted by atomic mass is 16.5. The maximum Gasteiger partial charge on any atom is 0.142 e. The summed E-state index contributed by atoms with van der Waals surface area (Å²) in [4.78, 5) is 4.63. The summed E-state index contributed by atoms with van der Waals surface area (Å²) in [7, 11) is 1.71. The second kappa shape index (κ2) is 6.62. The van der Waals surface area contributed by atoms with Crippen molar-refractivity contribution in [2.24, 2.45) is 5.92 Å². The number of benzene rings is 1. The molecule has 108 valence electrons. The van der Waals surface area contributed by atoms with E-state index in [2.05, 4.69) is 35.8 Å². The summed E-state index contributed by atoms with van der Waals surface area (Å²) in [6.45, 7) is 7.94. The van der Waals surface area contributed by atoms with Crippen LogP contribution in [-0.2, 0) is 0 Å². The molecule has 0 bridgehead atoms. The Morgan fingerprint density at radius 1 is 1.15 bits per heavy atom. The molecule has 1 saturated heterocycles. The van der Waals surface area contributed by atoms with Gasteiger partial charge in [-0.15, -0.1) is 0 Å². The summed E-state index contributed by atoms with van der Waals surface area (Å²) >= 11 is 0. The van der Waals surface area contributed by atoms with E-state index in [1.807, 2.05) is 18.2 Å². The van der Waals surface area contributed by atoms with Gasteiger partial charge in [0.25, 0.3) is 0 Å². The van der Waals surface area contributed by atoms with Gasteiger partial charge in [0.05, 0.1) is 18.9 Å². The second-order valence-corrected chi connectivity index (χ2v) is 5.51. The molecule has 0 aromatic heterocycles. The van der Waals surface area contributed by atoms with Crippen LogP contribution in [0.15, 0.2) is 24.3 Å². The summed E-state index contributed by atoms with van der Waals surface area (Å²) in [6, 6.07) is 10.6. The van der Waals surface area contributed by atoms with Crippen molar-refractivity contribution in [2.45, 2.75) is 19.9 Å². The van der Waals surface area contributed by atoms with Gasteiger partial charge in [0.1, 0.15) is 11.8 Å². The van der Waals surface area contributed by atoms with E-state index in [-0.39, 0.29) is 6.04 Å². The van der Waals surface area contributed by atoms with Crippen LogP contribution in [0.25, 0.3) is 0 Å². The average molecular weight is 273 g/mol. The van der Waals surface area contributed by atoms with E-state index in [0.29, 0.717) is 5.92 Å². The lowest BCUT2D eigenvalue weighted by molar-refractivity contribution is 0.184. The number of hydrogen-bond acceptors (Lipinski definition) is 4. The number of nitriles is 1. The molecule has 1 aromatic carbocycles. The Morgan fingerprint density at radius 3 is 2.35 bits per heavy atom. The van der Waals surface area contributed by atoms with E-state index in [4.69, 9.17) is 4.74 Å². The molecule has 0 radical (unpaired) electrons. The molecule has 1 fully saturated rings. The molecule has 0 N–H and O–H groups in total. The first-order valence-corrected chi connectivity index (χ1v) is 7.19. The van der Waals surface area contributed by atoms with Crippen LogP contribution >= 0.6 is 0 Å². The van der Waals surface area contributed by atoms with Gasteiger partial charge in [-0.05, 0) is 18.1 Å². The number of piperazine rings is 1. The fraction of sp³-hybridized carbons (Fsp3) is 0.562. The van der Waals surface area contributed by atoms with Crippen molar-refractivity contribution >= 4 is 5.69 Å². The van der Waals surface area contributed by atoms with Crippen molar-refractivity contribution in [3.05, 3.63) is 24.3 Å². The Morgan fingerprint density at radius 2 is 1.80 bits per heavy atom. The van der Waals surface area contributed by atoms with Crippen LogP contribution in [0, 0.1) is 17.2 Å². The molecule has 1 aromatic rings. The molecule has 0 amide bonds. The van der Waals surface area contributed by atoms with Crippen molar-refractivity contribution < 1.29 is 4.74 Å². The van der Waals surface area contributed by atoms with Crippen molar-refractivity contribution in [1.29, 1.82) is 5.26 Å². The van der Waals surface area contributed by atoms with E-state index in [1.165, 1.54) is 0 Å². The van der Waals surface area contributed by atoms with Gasteiger partial charge in [-0.3, -0.25) is 4.90 Å². The predicted octanol–water partition coefficient (Wildman–Crippen LogP) is 2.37. The van der Waals surface area contributed by atoms with E-state index < -0.39 is 0 Å². The van der Waals surface area contributed by atoms with Crippen molar-refractivity contribution in [1.82, 2.24) is 4.90 Å². The average Bonchev–Trinajstić information content (AvgIpc) is 2.48. The first-order chi connectivity index (χ1) is 9.67. The van der Waals surface area contributed by atoms with E-state index in [1.54, 1.807) is 7.11 Å². The zero-order chi connectivity index (χ0) is 14.5. The van der Waals surface area contributed by atoms with E-state index >= 15 is 0 Å². The lowest BCUT2D eigenvalue weighted by Crippen LogP contribution is -2.51. The summed E-state index contributed by atoms with van der Waals surface area (Å²) in [5.41, 5.74) is 1.15. The Balaban J connectivity index is 2.03. The fourth-order valence-corrected chi connectivity index (χ4v) is 2.78. The maximum atomic E-state index is 9.29. The number of hydrogen-bond donors (Lipinski definition) is 0. The molecule has 0 aliphatic carbocycles. The SMILES string of the molecule is COc1ccccc1N1CCN(C(C#N)C(C)C)CC1. The zero-order valence-electron chi connectivity index (χ0n) is 12.5. The predicted molar refractivity (Wildman–Crippen MR) is 81.0 cm³/mol. The number of ether oxygens (including phenoxy) is 1. The fourth-order valence-electron chi connectivity index (χ4n) is 2.78. The molecule has 4 heteroatoms. The van der Waals surface area contributed by atoms with Gasteiger partial charge in [-0.25, -0.2) is 0 Å². The van der Waals surface area contributed by atoms with Gasteiger partial charge in [0.2, 0.25) is 0 Å². The van der Waals surface area contributed by atoms with E-state index in [0.717, 1.165) is 37.6 Å². The molecular weight excluding hydrogens is 250 g/mol. The number of anilines is 1. The molecule has 4 nitrogen and oxygen atoms in total. The van der Waals surface area contributed by atoms with Crippen molar-refractivity contribution in [3.63, 3.8) is 0 Å². The van der Waals surface area contributed by atoms with Gasteiger partial charge in [-0.2, -0.15) is 5.26 Å². The van der Waals surface area contributed by atoms with Crippen LogP contribution in [0.1, 0.15) is 13.8 Å². The highest BCUT2D eigenvalue weighted by molar-refractivity contribution is 5.58. The summed E-state index contributed by atoms with van der Waals surface area (Å²) < 4.78 is 5.42. The largest absolute Gasteiger partial charge is 0.495 e. The molecular formula is C16H23N3O. The molecule has 20 heavy (non-hydrogen) atoms. The highest BCUT2D eigenvalue weighted by Gasteiger charge is 2.26. The van der Waals surface area contributed by atoms with Crippen LogP contribution in [0.4, 0.5) is 5.69 Å². The Hall–Kier alpha value is -1.73. The smallest absolute Gasteiger partial charge is 0.142 e. The molecule has 2 rings (SSSR count). The normalized spacial score (nSPS) is 17.9.